The van der Waals surface area contributed by atoms with Crippen LogP contribution in [0.5, 0.6) is 0 Å². The van der Waals surface area contributed by atoms with Gasteiger partial charge < -0.3 is 9.47 Å². The summed E-state index contributed by atoms with van der Waals surface area (Å²) in [6.07, 6.45) is 0.918. The minimum Gasteiger partial charge on any atom is -0.369 e. The van der Waals surface area contributed by atoms with Gasteiger partial charge in [-0.15, -0.1) is 10.2 Å². The predicted octanol–water partition coefficient (Wildman–Crippen LogP) is 2.74. The molecule has 0 bridgehead atoms. The Morgan fingerprint density at radius 2 is 2.00 bits per heavy atom. The largest absolute Gasteiger partial charge is 0.369 e. The third-order valence-corrected chi connectivity index (χ3v) is 4.89. The van der Waals surface area contributed by atoms with Crippen molar-refractivity contribution in [2.24, 2.45) is 7.05 Å². The van der Waals surface area contributed by atoms with Crippen LogP contribution in [0.25, 0.3) is 0 Å². The zero-order chi connectivity index (χ0) is 16.4. The average molecular weight is 334 g/mol. The van der Waals surface area contributed by atoms with Gasteiger partial charge in [-0.05, 0) is 25.1 Å². The van der Waals surface area contributed by atoms with E-state index in [1.165, 1.54) is 5.69 Å². The molecule has 3 rings (SSSR count). The van der Waals surface area contributed by atoms with Gasteiger partial charge in [-0.2, -0.15) is 0 Å². The standard InChI is InChI=1S/C17H24ClN5/c1-4-16-19-20-17(21(16)3)12-22-8-9-23(11-13(22)2)15-7-5-6-14(18)10-15/h5-7,10,13H,4,8-9,11-12H2,1-3H3/t13-/m1/s1. The van der Waals surface area contributed by atoms with Crippen LogP contribution < -0.4 is 4.90 Å². The second kappa shape index (κ2) is 6.89. The lowest BCUT2D eigenvalue weighted by Gasteiger charge is -2.40. The van der Waals surface area contributed by atoms with Crippen LogP contribution in [0.4, 0.5) is 5.69 Å². The van der Waals surface area contributed by atoms with Crippen molar-refractivity contribution in [2.45, 2.75) is 32.9 Å². The molecule has 0 amide bonds. The molecule has 23 heavy (non-hydrogen) atoms. The van der Waals surface area contributed by atoms with Crippen LogP contribution in [-0.4, -0.2) is 45.3 Å². The Bertz CT molecular complexity index is 669. The van der Waals surface area contributed by atoms with Gasteiger partial charge >= 0.3 is 0 Å². The number of hydrogen-bond acceptors (Lipinski definition) is 4. The highest BCUT2D eigenvalue weighted by molar-refractivity contribution is 6.30. The number of piperazine rings is 1. The third-order valence-electron chi connectivity index (χ3n) is 4.65. The molecule has 1 aromatic heterocycles. The Morgan fingerprint density at radius 1 is 1.22 bits per heavy atom. The van der Waals surface area contributed by atoms with Crippen molar-refractivity contribution in [3.05, 3.63) is 40.9 Å². The summed E-state index contributed by atoms with van der Waals surface area (Å²) in [5.41, 5.74) is 1.20. The molecule has 1 aromatic carbocycles. The van der Waals surface area contributed by atoms with Gasteiger partial charge in [0.15, 0.2) is 0 Å². The number of hydrogen-bond donors (Lipinski definition) is 0. The zero-order valence-corrected chi connectivity index (χ0v) is 14.8. The smallest absolute Gasteiger partial charge is 0.146 e. The minimum absolute atomic E-state index is 0.463. The van der Waals surface area contributed by atoms with Crippen LogP contribution in [0.3, 0.4) is 0 Å². The van der Waals surface area contributed by atoms with Crippen molar-refractivity contribution in [3.8, 4) is 0 Å². The predicted molar refractivity (Wildman–Crippen MR) is 93.9 cm³/mol. The Labute approximate surface area is 142 Å². The zero-order valence-electron chi connectivity index (χ0n) is 14.0. The number of aromatic nitrogens is 3. The van der Waals surface area contributed by atoms with Crippen LogP contribution in [-0.2, 0) is 20.0 Å². The van der Waals surface area contributed by atoms with E-state index in [0.29, 0.717) is 6.04 Å². The Hall–Kier alpha value is -1.59. The maximum absolute atomic E-state index is 6.11. The molecule has 0 radical (unpaired) electrons. The normalized spacial score (nSPS) is 19.3. The summed E-state index contributed by atoms with van der Waals surface area (Å²) in [5, 5.41) is 9.40. The summed E-state index contributed by atoms with van der Waals surface area (Å²) in [6.45, 7) is 8.26. The van der Waals surface area contributed by atoms with E-state index in [2.05, 4.69) is 51.5 Å². The van der Waals surface area contributed by atoms with Crippen LogP contribution >= 0.6 is 11.6 Å². The first-order valence-corrected chi connectivity index (χ1v) is 8.58. The molecule has 1 atom stereocenters. The fourth-order valence-electron chi connectivity index (χ4n) is 3.16. The maximum Gasteiger partial charge on any atom is 0.146 e. The van der Waals surface area contributed by atoms with Gasteiger partial charge in [-0.3, -0.25) is 4.90 Å². The van der Waals surface area contributed by atoms with Gasteiger partial charge in [-0.25, -0.2) is 0 Å². The van der Waals surface area contributed by atoms with Crippen LogP contribution in [0.2, 0.25) is 5.02 Å². The third kappa shape index (κ3) is 3.51. The van der Waals surface area contributed by atoms with E-state index < -0.39 is 0 Å². The molecule has 0 aliphatic carbocycles. The summed E-state index contributed by atoms with van der Waals surface area (Å²) in [5.74, 6) is 2.09. The molecule has 2 heterocycles. The van der Waals surface area contributed by atoms with Crippen molar-refractivity contribution in [1.29, 1.82) is 0 Å². The molecule has 0 spiro atoms. The SMILES string of the molecule is CCc1nnc(CN2CCN(c3cccc(Cl)c3)C[C@H]2C)n1C. The highest BCUT2D eigenvalue weighted by Crippen LogP contribution is 2.23. The summed E-state index contributed by atoms with van der Waals surface area (Å²) < 4.78 is 2.12. The first kappa shape index (κ1) is 16.3. The van der Waals surface area contributed by atoms with Crippen LogP contribution in [0.1, 0.15) is 25.5 Å². The van der Waals surface area contributed by atoms with E-state index in [4.69, 9.17) is 11.6 Å². The second-order valence-electron chi connectivity index (χ2n) is 6.19. The lowest BCUT2D eigenvalue weighted by molar-refractivity contribution is 0.175. The van der Waals surface area contributed by atoms with E-state index >= 15 is 0 Å². The summed E-state index contributed by atoms with van der Waals surface area (Å²) in [7, 11) is 2.06. The lowest BCUT2D eigenvalue weighted by Crippen LogP contribution is -2.51. The molecule has 124 valence electrons. The highest BCUT2D eigenvalue weighted by Gasteiger charge is 2.25. The van der Waals surface area contributed by atoms with Crippen molar-refractivity contribution in [2.75, 3.05) is 24.5 Å². The van der Waals surface area contributed by atoms with Gasteiger partial charge in [-0.1, -0.05) is 24.6 Å². The van der Waals surface area contributed by atoms with Crippen molar-refractivity contribution >= 4 is 17.3 Å². The summed E-state index contributed by atoms with van der Waals surface area (Å²) >= 11 is 6.11. The molecule has 1 aliphatic rings. The Balaban J connectivity index is 1.65. The topological polar surface area (TPSA) is 37.2 Å². The molecule has 1 fully saturated rings. The number of rotatable bonds is 4. The van der Waals surface area contributed by atoms with Crippen LogP contribution in [0, 0.1) is 0 Å². The molecule has 1 aliphatic heterocycles. The van der Waals surface area contributed by atoms with Gasteiger partial charge in [0.05, 0.1) is 6.54 Å². The van der Waals surface area contributed by atoms with Gasteiger partial charge in [0.2, 0.25) is 0 Å². The first-order valence-electron chi connectivity index (χ1n) is 8.20. The highest BCUT2D eigenvalue weighted by atomic mass is 35.5. The molecule has 2 aromatic rings. The van der Waals surface area contributed by atoms with Crippen molar-refractivity contribution < 1.29 is 0 Å². The monoisotopic (exact) mass is 333 g/mol. The summed E-state index contributed by atoms with van der Waals surface area (Å²) in [4.78, 5) is 4.88. The average Bonchev–Trinajstić information content (AvgIpc) is 2.89. The molecule has 0 saturated carbocycles. The van der Waals surface area contributed by atoms with Gasteiger partial charge in [0.1, 0.15) is 11.6 Å². The molecular formula is C17H24ClN5. The minimum atomic E-state index is 0.463. The molecule has 0 unspecified atom stereocenters. The number of halogens is 1. The maximum atomic E-state index is 6.11. The quantitative estimate of drug-likeness (QED) is 0.862. The van der Waals surface area contributed by atoms with E-state index in [1.807, 2.05) is 18.2 Å². The Kier molecular flexibility index (Phi) is 4.87. The number of nitrogens with zero attached hydrogens (tertiary/aromatic N) is 5. The molecule has 0 N–H and O–H groups in total. The van der Waals surface area contributed by atoms with Crippen molar-refractivity contribution in [3.63, 3.8) is 0 Å². The van der Waals surface area contributed by atoms with Gasteiger partial charge in [0, 0.05) is 49.9 Å². The number of anilines is 1. The number of benzene rings is 1. The van der Waals surface area contributed by atoms with E-state index in [1.54, 1.807) is 0 Å². The van der Waals surface area contributed by atoms with E-state index in [-0.39, 0.29) is 0 Å². The fraction of sp³-hybridized carbons (Fsp3) is 0.529. The Morgan fingerprint density at radius 3 is 2.65 bits per heavy atom. The molecular weight excluding hydrogens is 310 g/mol. The van der Waals surface area contributed by atoms with E-state index in [0.717, 1.165) is 49.3 Å². The summed E-state index contributed by atoms with van der Waals surface area (Å²) in [6, 6.07) is 8.57. The van der Waals surface area contributed by atoms with E-state index in [9.17, 15) is 0 Å². The second-order valence-corrected chi connectivity index (χ2v) is 6.63. The van der Waals surface area contributed by atoms with Gasteiger partial charge in [0.25, 0.3) is 0 Å². The fourth-order valence-corrected chi connectivity index (χ4v) is 3.35. The number of aryl methyl sites for hydroxylation is 1. The first-order chi connectivity index (χ1) is 11.1. The molecule has 6 heteroatoms. The van der Waals surface area contributed by atoms with Crippen LogP contribution in [0.15, 0.2) is 24.3 Å². The molecule has 1 saturated heterocycles. The molecule has 5 nitrogen and oxygen atoms in total. The lowest BCUT2D eigenvalue weighted by atomic mass is 10.1. The van der Waals surface area contributed by atoms with Crippen molar-refractivity contribution in [1.82, 2.24) is 19.7 Å².